The maximum absolute atomic E-state index is 12.2. The highest BCUT2D eigenvalue weighted by molar-refractivity contribution is 5.79. The first-order valence-corrected chi connectivity index (χ1v) is 6.68. The number of nitrogens with one attached hydrogen (secondary N) is 1. The molecule has 18 heavy (non-hydrogen) atoms. The number of carbonyl (C=O) groups is 1. The summed E-state index contributed by atoms with van der Waals surface area (Å²) in [6, 6.07) is 0.0955. The van der Waals surface area contributed by atoms with Crippen LogP contribution in [0.2, 0.25) is 0 Å². The van der Waals surface area contributed by atoms with Gasteiger partial charge in [-0.25, -0.2) is 4.98 Å². The fourth-order valence-electron chi connectivity index (χ4n) is 2.60. The van der Waals surface area contributed by atoms with E-state index in [2.05, 4.69) is 22.5 Å². The van der Waals surface area contributed by atoms with Crippen molar-refractivity contribution in [2.45, 2.75) is 31.7 Å². The summed E-state index contributed by atoms with van der Waals surface area (Å²) in [6.45, 7) is 0. The Balaban J connectivity index is 1.71. The lowest BCUT2D eigenvalue weighted by Crippen LogP contribution is -2.35. The summed E-state index contributed by atoms with van der Waals surface area (Å²) >= 11 is 0. The van der Waals surface area contributed by atoms with Gasteiger partial charge in [0, 0.05) is 25.4 Å². The monoisotopic (exact) mass is 245 g/mol. The first-order chi connectivity index (χ1) is 8.75. The van der Waals surface area contributed by atoms with E-state index in [1.54, 1.807) is 6.20 Å². The molecule has 0 spiro atoms. The van der Waals surface area contributed by atoms with Crippen LogP contribution in [0, 0.1) is 11.8 Å². The van der Waals surface area contributed by atoms with Crippen LogP contribution in [0.25, 0.3) is 0 Å². The van der Waals surface area contributed by atoms with Crippen LogP contribution in [0.3, 0.4) is 0 Å². The van der Waals surface area contributed by atoms with Crippen LogP contribution in [0.15, 0.2) is 24.5 Å². The van der Waals surface area contributed by atoms with E-state index >= 15 is 0 Å². The topological polar surface area (TPSA) is 46.9 Å². The fourth-order valence-corrected chi connectivity index (χ4v) is 2.60. The van der Waals surface area contributed by atoms with Gasteiger partial charge in [0.2, 0.25) is 5.91 Å². The molecular formula is C14H19N3O. The first kappa shape index (κ1) is 11.5. The Kier molecular flexibility index (Phi) is 2.94. The minimum Gasteiger partial charge on any atom is -0.346 e. The third-order valence-corrected chi connectivity index (χ3v) is 3.91. The van der Waals surface area contributed by atoms with Gasteiger partial charge in [-0.15, -0.1) is 0 Å². The van der Waals surface area contributed by atoms with Crippen molar-refractivity contribution in [2.75, 3.05) is 0 Å². The number of imidazole rings is 1. The molecule has 1 aromatic rings. The van der Waals surface area contributed by atoms with Crippen LogP contribution in [-0.4, -0.2) is 15.5 Å². The maximum Gasteiger partial charge on any atom is 0.224 e. The first-order valence-electron chi connectivity index (χ1n) is 6.68. The molecule has 0 unspecified atom stereocenters. The van der Waals surface area contributed by atoms with Crippen LogP contribution in [0.4, 0.5) is 0 Å². The van der Waals surface area contributed by atoms with Gasteiger partial charge < -0.3 is 9.88 Å². The van der Waals surface area contributed by atoms with Crippen LogP contribution in [0.1, 0.15) is 37.5 Å². The number of amides is 1. The van der Waals surface area contributed by atoms with Crippen molar-refractivity contribution in [2.24, 2.45) is 18.9 Å². The van der Waals surface area contributed by atoms with Crippen molar-refractivity contribution in [3.05, 3.63) is 30.4 Å². The molecule has 1 aromatic heterocycles. The highest BCUT2D eigenvalue weighted by Crippen LogP contribution is 2.40. The Labute approximate surface area is 107 Å². The molecule has 96 valence electrons. The Morgan fingerprint density at radius 2 is 2.17 bits per heavy atom. The SMILES string of the molecule is Cn1ccnc1[C@@H](NC(=O)C1CC=CC1)C1CC1. The van der Waals surface area contributed by atoms with Crippen molar-refractivity contribution < 1.29 is 4.79 Å². The lowest BCUT2D eigenvalue weighted by atomic mass is 10.0. The van der Waals surface area contributed by atoms with Crippen LogP contribution >= 0.6 is 0 Å². The van der Waals surface area contributed by atoms with Crippen LogP contribution < -0.4 is 5.32 Å². The van der Waals surface area contributed by atoms with Crippen molar-refractivity contribution in [3.63, 3.8) is 0 Å². The molecule has 0 aromatic carbocycles. The molecule has 3 rings (SSSR count). The summed E-state index contributed by atoms with van der Waals surface area (Å²) in [6.07, 6.45) is 12.1. The molecule has 1 heterocycles. The lowest BCUT2D eigenvalue weighted by Gasteiger charge is -2.20. The van der Waals surface area contributed by atoms with Crippen LogP contribution in [0.5, 0.6) is 0 Å². The molecule has 1 saturated carbocycles. The Hall–Kier alpha value is -1.58. The number of aryl methyl sites for hydroxylation is 1. The van der Waals surface area contributed by atoms with Crippen molar-refractivity contribution in [1.82, 2.24) is 14.9 Å². The molecule has 1 N–H and O–H groups in total. The van der Waals surface area contributed by atoms with Crippen molar-refractivity contribution in [3.8, 4) is 0 Å². The Morgan fingerprint density at radius 3 is 2.72 bits per heavy atom. The highest BCUT2D eigenvalue weighted by atomic mass is 16.2. The number of allylic oxidation sites excluding steroid dienone is 2. The second-order valence-corrected chi connectivity index (χ2v) is 5.36. The average Bonchev–Trinajstić information content (AvgIpc) is 2.88. The predicted octanol–water partition coefficient (Wildman–Crippen LogP) is 1.95. The zero-order chi connectivity index (χ0) is 12.5. The van der Waals surface area contributed by atoms with Gasteiger partial charge in [-0.2, -0.15) is 0 Å². The smallest absolute Gasteiger partial charge is 0.224 e. The minimum atomic E-state index is 0.0955. The molecule has 4 nitrogen and oxygen atoms in total. The second kappa shape index (κ2) is 4.59. The number of hydrogen-bond acceptors (Lipinski definition) is 2. The number of hydrogen-bond donors (Lipinski definition) is 1. The van der Waals surface area contributed by atoms with Gasteiger partial charge in [0.1, 0.15) is 5.82 Å². The van der Waals surface area contributed by atoms with Crippen molar-refractivity contribution >= 4 is 5.91 Å². The number of carbonyl (C=O) groups excluding carboxylic acids is 1. The van der Waals surface area contributed by atoms with Gasteiger partial charge in [0.15, 0.2) is 0 Å². The number of nitrogens with zero attached hydrogens (tertiary/aromatic N) is 2. The molecular weight excluding hydrogens is 226 g/mol. The maximum atomic E-state index is 12.2. The fraction of sp³-hybridized carbons (Fsp3) is 0.571. The Bertz CT molecular complexity index is 465. The number of rotatable bonds is 4. The molecule has 4 heteroatoms. The minimum absolute atomic E-state index is 0.0955. The molecule has 1 fully saturated rings. The van der Waals surface area contributed by atoms with E-state index < -0.39 is 0 Å². The van der Waals surface area contributed by atoms with E-state index in [-0.39, 0.29) is 17.9 Å². The van der Waals surface area contributed by atoms with Gasteiger partial charge in [0.05, 0.1) is 6.04 Å². The van der Waals surface area contributed by atoms with E-state index in [0.29, 0.717) is 5.92 Å². The van der Waals surface area contributed by atoms with E-state index in [9.17, 15) is 4.79 Å². The normalized spacial score (nSPS) is 21.2. The van der Waals surface area contributed by atoms with Gasteiger partial charge in [-0.3, -0.25) is 4.79 Å². The summed E-state index contributed by atoms with van der Waals surface area (Å²) in [4.78, 5) is 16.6. The van der Waals surface area contributed by atoms with Gasteiger partial charge in [-0.1, -0.05) is 12.2 Å². The zero-order valence-electron chi connectivity index (χ0n) is 10.7. The summed E-state index contributed by atoms with van der Waals surface area (Å²) in [5, 5.41) is 3.20. The van der Waals surface area contributed by atoms with Gasteiger partial charge >= 0.3 is 0 Å². The van der Waals surface area contributed by atoms with E-state index in [1.165, 1.54) is 12.8 Å². The lowest BCUT2D eigenvalue weighted by molar-refractivity contribution is -0.125. The number of aromatic nitrogens is 2. The standard InChI is InChI=1S/C14H19N3O/c1-17-9-8-15-13(17)12(10-6-7-10)16-14(18)11-4-2-3-5-11/h2-3,8-12H,4-7H2,1H3,(H,16,18)/t12-/m0/s1. The molecule has 2 aliphatic carbocycles. The molecule has 0 radical (unpaired) electrons. The summed E-state index contributed by atoms with van der Waals surface area (Å²) in [7, 11) is 1.99. The van der Waals surface area contributed by atoms with Gasteiger partial charge in [-0.05, 0) is 31.6 Å². The van der Waals surface area contributed by atoms with Crippen molar-refractivity contribution in [1.29, 1.82) is 0 Å². The van der Waals surface area contributed by atoms with E-state index in [1.807, 2.05) is 17.8 Å². The second-order valence-electron chi connectivity index (χ2n) is 5.36. The molecule has 0 bridgehead atoms. The molecule has 0 saturated heterocycles. The van der Waals surface area contributed by atoms with Crippen LogP contribution in [-0.2, 0) is 11.8 Å². The summed E-state index contributed by atoms with van der Waals surface area (Å²) < 4.78 is 2.01. The van der Waals surface area contributed by atoms with E-state index in [0.717, 1.165) is 18.7 Å². The zero-order valence-corrected chi connectivity index (χ0v) is 10.7. The molecule has 1 atom stereocenters. The third-order valence-electron chi connectivity index (χ3n) is 3.91. The molecule has 0 aliphatic heterocycles. The highest BCUT2D eigenvalue weighted by Gasteiger charge is 2.36. The predicted molar refractivity (Wildman–Crippen MR) is 68.7 cm³/mol. The Morgan fingerprint density at radius 1 is 1.44 bits per heavy atom. The summed E-state index contributed by atoms with van der Waals surface area (Å²) in [5.41, 5.74) is 0. The molecule has 1 amide bonds. The van der Waals surface area contributed by atoms with E-state index in [4.69, 9.17) is 0 Å². The molecule has 2 aliphatic rings. The van der Waals surface area contributed by atoms with Gasteiger partial charge in [0.25, 0.3) is 0 Å². The average molecular weight is 245 g/mol. The third kappa shape index (κ3) is 2.19. The largest absolute Gasteiger partial charge is 0.346 e. The summed E-state index contributed by atoms with van der Waals surface area (Å²) in [5.74, 6) is 1.87. The quantitative estimate of drug-likeness (QED) is 0.824.